The topological polar surface area (TPSA) is 90.9 Å². The molecule has 4 fully saturated rings. The predicted molar refractivity (Wildman–Crippen MR) is 108 cm³/mol. The second kappa shape index (κ2) is 6.53. The van der Waals surface area contributed by atoms with Crippen molar-refractivity contribution in [2.75, 3.05) is 0 Å². The summed E-state index contributed by atoms with van der Waals surface area (Å²) >= 11 is 0. The molecular weight excluding hydrogens is 368 g/mol. The Morgan fingerprint density at radius 3 is 2.66 bits per heavy atom. The first-order valence-electron chi connectivity index (χ1n) is 11.1. The maximum absolute atomic E-state index is 11.5. The van der Waals surface area contributed by atoms with Gasteiger partial charge in [0.25, 0.3) is 0 Å². The van der Waals surface area contributed by atoms with Crippen LogP contribution >= 0.6 is 0 Å². The molecule has 0 amide bonds. The van der Waals surface area contributed by atoms with Gasteiger partial charge in [-0.15, -0.1) is 0 Å². The Labute approximate surface area is 171 Å². The lowest BCUT2D eigenvalue weighted by atomic mass is 9.42. The highest BCUT2D eigenvalue weighted by Gasteiger charge is 2.69. The molecule has 9 atom stereocenters. The van der Waals surface area contributed by atoms with Gasteiger partial charge in [-0.1, -0.05) is 19.1 Å². The molecule has 1 heterocycles. The molecule has 5 heteroatoms. The van der Waals surface area contributed by atoms with Crippen LogP contribution in [0.1, 0.15) is 57.4 Å². The lowest BCUT2D eigenvalue weighted by Gasteiger charge is -2.63. The van der Waals surface area contributed by atoms with Gasteiger partial charge in [-0.25, -0.2) is 4.79 Å². The third-order valence-corrected chi connectivity index (χ3v) is 9.38. The van der Waals surface area contributed by atoms with Crippen molar-refractivity contribution in [2.24, 2.45) is 29.1 Å². The summed E-state index contributed by atoms with van der Waals surface area (Å²) in [6.45, 7) is 6.77. The van der Waals surface area contributed by atoms with E-state index in [9.17, 15) is 20.1 Å². The maximum atomic E-state index is 11.5. The van der Waals surface area contributed by atoms with Crippen LogP contribution in [0.2, 0.25) is 0 Å². The van der Waals surface area contributed by atoms with Crippen molar-refractivity contribution in [3.63, 3.8) is 0 Å². The minimum Gasteiger partial charge on any atom is -0.431 e. The van der Waals surface area contributed by atoms with Crippen LogP contribution in [0.4, 0.5) is 0 Å². The van der Waals surface area contributed by atoms with Crippen molar-refractivity contribution in [3.05, 3.63) is 46.5 Å². The first-order chi connectivity index (χ1) is 13.8. The summed E-state index contributed by atoms with van der Waals surface area (Å²) in [5, 5.41) is 32.2. The standard InChI is InChI=1S/C24H32O5/c1-13-3-7-18-17(6-4-14-11-16(25)9-10-23(14,18)2)20-21(27)22(28)24(13,20)15-5-8-19(26)29-12-15/h5,8,12,14,16-18,20-22,25,27-28H,1,3-4,6-7,9-11H2,2H3/t14-,16+,17-,18+,20+,21-,22-,23+,24-/m1/s1. The Balaban J connectivity index is 1.59. The third kappa shape index (κ3) is 2.47. The maximum Gasteiger partial charge on any atom is 0.335 e. The molecule has 4 aliphatic carbocycles. The minimum atomic E-state index is -0.926. The number of hydrogen-bond acceptors (Lipinski definition) is 5. The molecule has 0 aliphatic heterocycles. The molecule has 0 spiro atoms. The summed E-state index contributed by atoms with van der Waals surface area (Å²) in [5.41, 5.74) is 0.702. The van der Waals surface area contributed by atoms with Crippen LogP contribution in [-0.4, -0.2) is 33.6 Å². The molecule has 158 valence electrons. The largest absolute Gasteiger partial charge is 0.431 e. The fourth-order valence-corrected chi connectivity index (χ4v) is 7.94. The molecule has 0 unspecified atom stereocenters. The van der Waals surface area contributed by atoms with Gasteiger partial charge >= 0.3 is 5.63 Å². The highest BCUT2D eigenvalue weighted by molar-refractivity contribution is 5.44. The minimum absolute atomic E-state index is 0.116. The Morgan fingerprint density at radius 1 is 1.14 bits per heavy atom. The first-order valence-corrected chi connectivity index (χ1v) is 11.1. The van der Waals surface area contributed by atoms with Crippen LogP contribution in [0.15, 0.2) is 39.8 Å². The van der Waals surface area contributed by atoms with Gasteiger partial charge in [-0.3, -0.25) is 0 Å². The fraction of sp³-hybridized carbons (Fsp3) is 0.708. The molecule has 3 N–H and O–H groups in total. The Kier molecular flexibility index (Phi) is 4.40. The summed E-state index contributed by atoms with van der Waals surface area (Å²) in [4.78, 5) is 11.5. The number of hydrogen-bond donors (Lipinski definition) is 3. The van der Waals surface area contributed by atoms with Crippen molar-refractivity contribution in [1.82, 2.24) is 0 Å². The van der Waals surface area contributed by atoms with E-state index in [2.05, 4.69) is 13.5 Å². The summed E-state index contributed by atoms with van der Waals surface area (Å²) in [6.07, 6.45) is 6.15. The van der Waals surface area contributed by atoms with Gasteiger partial charge in [0.05, 0.1) is 30.0 Å². The molecule has 0 aromatic carbocycles. The van der Waals surface area contributed by atoms with Crippen molar-refractivity contribution < 1.29 is 19.7 Å². The van der Waals surface area contributed by atoms with Crippen molar-refractivity contribution in [2.45, 2.75) is 75.6 Å². The number of aliphatic hydroxyl groups is 3. The summed E-state index contributed by atoms with van der Waals surface area (Å²) < 4.78 is 5.17. The van der Waals surface area contributed by atoms with Gasteiger partial charge in [0.15, 0.2) is 0 Å². The third-order valence-electron chi connectivity index (χ3n) is 9.38. The lowest BCUT2D eigenvalue weighted by Crippen LogP contribution is -2.70. The molecule has 1 aromatic heterocycles. The Morgan fingerprint density at radius 2 is 1.93 bits per heavy atom. The van der Waals surface area contributed by atoms with E-state index in [0.29, 0.717) is 11.8 Å². The van der Waals surface area contributed by atoms with Crippen molar-refractivity contribution in [1.29, 1.82) is 0 Å². The molecule has 5 nitrogen and oxygen atoms in total. The van der Waals surface area contributed by atoms with Crippen LogP contribution in [0.5, 0.6) is 0 Å². The van der Waals surface area contributed by atoms with Gasteiger partial charge in [-0.05, 0) is 74.2 Å². The van der Waals surface area contributed by atoms with Crippen molar-refractivity contribution >= 4 is 0 Å². The van der Waals surface area contributed by atoms with Crippen LogP contribution in [-0.2, 0) is 5.41 Å². The monoisotopic (exact) mass is 400 g/mol. The Hall–Kier alpha value is -1.43. The number of fused-ring (bicyclic) bond motifs is 5. The van der Waals surface area contributed by atoms with Crippen molar-refractivity contribution in [3.8, 4) is 0 Å². The molecule has 4 saturated carbocycles. The molecule has 4 aliphatic rings. The molecule has 1 aromatic rings. The SMILES string of the molecule is C=C1CC[C@H]2[C@@H](CC[C@@H]3C[C@@H](O)CC[C@@]32C)[C@H]2[C@@H](O)[C@@H](O)[C@@]12c1ccc(=O)oc1. The average Bonchev–Trinajstić information content (AvgIpc) is 2.82. The zero-order chi connectivity index (χ0) is 20.6. The summed E-state index contributed by atoms with van der Waals surface area (Å²) in [5.74, 6) is 1.13. The highest BCUT2D eigenvalue weighted by atomic mass is 16.4. The van der Waals surface area contributed by atoms with E-state index in [1.54, 1.807) is 6.07 Å². The molecule has 0 bridgehead atoms. The fourth-order valence-electron chi connectivity index (χ4n) is 7.94. The van der Waals surface area contributed by atoms with E-state index in [4.69, 9.17) is 4.42 Å². The zero-order valence-corrected chi connectivity index (χ0v) is 17.1. The predicted octanol–water partition coefficient (Wildman–Crippen LogP) is 2.77. The molecule has 5 rings (SSSR count). The van der Waals surface area contributed by atoms with Gasteiger partial charge in [-0.2, -0.15) is 0 Å². The normalized spacial score (nSPS) is 49.2. The van der Waals surface area contributed by atoms with E-state index in [1.807, 2.05) is 0 Å². The zero-order valence-electron chi connectivity index (χ0n) is 17.1. The molecule has 0 saturated heterocycles. The van der Waals surface area contributed by atoms with Gasteiger partial charge in [0, 0.05) is 17.5 Å². The number of aliphatic hydroxyl groups excluding tert-OH is 3. The average molecular weight is 401 g/mol. The van der Waals surface area contributed by atoms with E-state index >= 15 is 0 Å². The van der Waals surface area contributed by atoms with Gasteiger partial charge < -0.3 is 19.7 Å². The van der Waals surface area contributed by atoms with E-state index < -0.39 is 23.2 Å². The van der Waals surface area contributed by atoms with E-state index in [0.717, 1.165) is 56.1 Å². The van der Waals surface area contributed by atoms with Gasteiger partial charge in [0.2, 0.25) is 0 Å². The molecule has 0 radical (unpaired) electrons. The van der Waals surface area contributed by atoms with Gasteiger partial charge in [0.1, 0.15) is 0 Å². The van der Waals surface area contributed by atoms with Crippen LogP contribution in [0.25, 0.3) is 0 Å². The lowest BCUT2D eigenvalue weighted by molar-refractivity contribution is -0.202. The Bertz CT molecular complexity index is 856. The second-order valence-electron chi connectivity index (χ2n) is 10.3. The first kappa shape index (κ1) is 19.5. The van der Waals surface area contributed by atoms with Crippen LogP contribution in [0.3, 0.4) is 0 Å². The quantitative estimate of drug-likeness (QED) is 0.631. The smallest absolute Gasteiger partial charge is 0.335 e. The number of rotatable bonds is 1. The van der Waals surface area contributed by atoms with Crippen LogP contribution < -0.4 is 5.63 Å². The van der Waals surface area contributed by atoms with Crippen LogP contribution in [0, 0.1) is 29.1 Å². The van der Waals surface area contributed by atoms with E-state index in [1.165, 1.54) is 12.3 Å². The highest BCUT2D eigenvalue weighted by Crippen LogP contribution is 2.67. The molecule has 29 heavy (non-hydrogen) atoms. The second-order valence-corrected chi connectivity index (χ2v) is 10.3. The van der Waals surface area contributed by atoms with E-state index in [-0.39, 0.29) is 23.4 Å². The summed E-state index contributed by atoms with van der Waals surface area (Å²) in [6, 6.07) is 3.14. The molecular formula is C24H32O5. The summed E-state index contributed by atoms with van der Waals surface area (Å²) in [7, 11) is 0.